The number of aromatic amines is 1. The number of amides is 2. The quantitative estimate of drug-likeness (QED) is 0.327. The molecule has 4 aromatic rings. The van der Waals surface area contributed by atoms with Crippen molar-refractivity contribution in [1.29, 1.82) is 0 Å². The number of para-hydroxylation sites is 1. The van der Waals surface area contributed by atoms with Crippen molar-refractivity contribution in [3.8, 4) is 0 Å². The summed E-state index contributed by atoms with van der Waals surface area (Å²) < 4.78 is 4.93. The van der Waals surface area contributed by atoms with E-state index >= 15 is 0 Å². The van der Waals surface area contributed by atoms with Gasteiger partial charge in [-0.05, 0) is 29.3 Å². The number of aromatic nitrogens is 1. The monoisotopic (exact) mass is 469 g/mol. The van der Waals surface area contributed by atoms with E-state index in [4.69, 9.17) is 4.74 Å². The summed E-state index contributed by atoms with van der Waals surface area (Å²) in [7, 11) is 1.28. The van der Waals surface area contributed by atoms with Crippen LogP contribution in [0.1, 0.15) is 21.5 Å². The Labute approximate surface area is 203 Å². The molecule has 2 amide bonds. The Balaban J connectivity index is 1.58. The van der Waals surface area contributed by atoms with Gasteiger partial charge in [0.15, 0.2) is 0 Å². The van der Waals surface area contributed by atoms with Gasteiger partial charge in [0, 0.05) is 35.5 Å². The predicted octanol–water partition coefficient (Wildman–Crippen LogP) is 3.41. The molecule has 1 heterocycles. The molecular weight excluding hydrogens is 442 g/mol. The van der Waals surface area contributed by atoms with Crippen LogP contribution >= 0.6 is 0 Å². The molecule has 35 heavy (non-hydrogen) atoms. The van der Waals surface area contributed by atoms with Gasteiger partial charge in [0.05, 0.1) is 7.11 Å². The summed E-state index contributed by atoms with van der Waals surface area (Å²) in [6.45, 7) is 0. The van der Waals surface area contributed by atoms with Gasteiger partial charge in [-0.25, -0.2) is 4.79 Å². The Morgan fingerprint density at radius 2 is 1.46 bits per heavy atom. The molecule has 7 nitrogen and oxygen atoms in total. The summed E-state index contributed by atoms with van der Waals surface area (Å²) >= 11 is 0. The highest BCUT2D eigenvalue weighted by Crippen LogP contribution is 2.19. The number of hydrogen-bond acceptors (Lipinski definition) is 4. The number of H-pyrrole nitrogens is 1. The standard InChI is InChI=1S/C28H27N3O4/c1-35-28(34)25(16-19-10-4-2-5-11-19)31-27(33)24(30-26(32)20-12-6-3-7-13-20)17-21-18-29-23-15-9-8-14-22(21)23/h2-15,18,24-25,29H,16-17H2,1H3,(H,30,32)(H,31,33). The van der Waals surface area contributed by atoms with Crippen molar-refractivity contribution >= 4 is 28.7 Å². The summed E-state index contributed by atoms with van der Waals surface area (Å²) in [5, 5.41) is 6.61. The van der Waals surface area contributed by atoms with Crippen LogP contribution in [0.25, 0.3) is 10.9 Å². The zero-order chi connectivity index (χ0) is 24.6. The first-order valence-electron chi connectivity index (χ1n) is 11.4. The first kappa shape index (κ1) is 23.8. The number of esters is 1. The minimum Gasteiger partial charge on any atom is -0.467 e. The van der Waals surface area contributed by atoms with E-state index in [1.807, 2.05) is 66.9 Å². The molecule has 7 heteroatoms. The SMILES string of the molecule is COC(=O)C(Cc1ccccc1)NC(=O)C(Cc1c[nH]c2ccccc12)NC(=O)c1ccccc1. The van der Waals surface area contributed by atoms with Crippen LogP contribution in [-0.2, 0) is 27.2 Å². The van der Waals surface area contributed by atoms with Gasteiger partial charge in [-0.2, -0.15) is 0 Å². The van der Waals surface area contributed by atoms with E-state index in [-0.39, 0.29) is 18.7 Å². The number of benzene rings is 3. The van der Waals surface area contributed by atoms with Crippen LogP contribution in [0.4, 0.5) is 0 Å². The fourth-order valence-corrected chi connectivity index (χ4v) is 4.02. The lowest BCUT2D eigenvalue weighted by Crippen LogP contribution is -2.53. The lowest BCUT2D eigenvalue weighted by molar-refractivity contribution is -0.145. The van der Waals surface area contributed by atoms with Gasteiger partial charge >= 0.3 is 5.97 Å². The molecule has 4 rings (SSSR count). The largest absolute Gasteiger partial charge is 0.467 e. The van der Waals surface area contributed by atoms with Crippen molar-refractivity contribution in [1.82, 2.24) is 15.6 Å². The summed E-state index contributed by atoms with van der Waals surface area (Å²) in [6.07, 6.45) is 2.35. The Kier molecular flexibility index (Phi) is 7.57. The number of carbonyl (C=O) groups excluding carboxylic acids is 3. The number of carbonyl (C=O) groups is 3. The molecule has 0 saturated carbocycles. The second-order valence-corrected chi connectivity index (χ2v) is 8.23. The Hall–Kier alpha value is -4.39. The molecule has 0 spiro atoms. The molecule has 3 aromatic carbocycles. The zero-order valence-electron chi connectivity index (χ0n) is 19.4. The van der Waals surface area contributed by atoms with Gasteiger partial charge in [-0.3, -0.25) is 9.59 Å². The van der Waals surface area contributed by atoms with Crippen molar-refractivity contribution in [3.63, 3.8) is 0 Å². The second kappa shape index (κ2) is 11.2. The van der Waals surface area contributed by atoms with Crippen molar-refractivity contribution in [3.05, 3.63) is 108 Å². The lowest BCUT2D eigenvalue weighted by atomic mass is 10.0. The van der Waals surface area contributed by atoms with Crippen molar-refractivity contribution in [2.75, 3.05) is 7.11 Å². The third kappa shape index (κ3) is 5.95. The van der Waals surface area contributed by atoms with Gasteiger partial charge < -0.3 is 20.4 Å². The number of methoxy groups -OCH3 is 1. The molecular formula is C28H27N3O4. The third-order valence-electron chi connectivity index (χ3n) is 5.84. The van der Waals surface area contributed by atoms with Gasteiger partial charge in [0.2, 0.25) is 5.91 Å². The van der Waals surface area contributed by atoms with E-state index < -0.39 is 24.0 Å². The van der Waals surface area contributed by atoms with E-state index in [9.17, 15) is 14.4 Å². The number of nitrogens with one attached hydrogen (secondary N) is 3. The number of ether oxygens (including phenoxy) is 1. The van der Waals surface area contributed by atoms with E-state index in [1.165, 1.54) is 7.11 Å². The van der Waals surface area contributed by atoms with Crippen molar-refractivity contribution < 1.29 is 19.1 Å². The molecule has 2 atom stereocenters. The predicted molar refractivity (Wildman–Crippen MR) is 134 cm³/mol. The highest BCUT2D eigenvalue weighted by atomic mass is 16.5. The van der Waals surface area contributed by atoms with Gasteiger partial charge in [0.25, 0.3) is 5.91 Å². The van der Waals surface area contributed by atoms with Crippen LogP contribution in [0.15, 0.2) is 91.1 Å². The van der Waals surface area contributed by atoms with Gasteiger partial charge in [-0.15, -0.1) is 0 Å². The van der Waals surface area contributed by atoms with E-state index in [2.05, 4.69) is 15.6 Å². The molecule has 0 saturated heterocycles. The van der Waals surface area contributed by atoms with Crippen LogP contribution in [0, 0.1) is 0 Å². The molecule has 0 aliphatic heterocycles. The number of rotatable bonds is 9. The van der Waals surface area contributed by atoms with Crippen molar-refractivity contribution in [2.45, 2.75) is 24.9 Å². The Bertz CT molecular complexity index is 1300. The second-order valence-electron chi connectivity index (χ2n) is 8.23. The maximum absolute atomic E-state index is 13.4. The zero-order valence-corrected chi connectivity index (χ0v) is 19.4. The molecule has 2 unspecified atom stereocenters. The molecule has 0 aliphatic carbocycles. The highest BCUT2D eigenvalue weighted by Gasteiger charge is 2.28. The summed E-state index contributed by atoms with van der Waals surface area (Å²) in [5.41, 5.74) is 3.14. The molecule has 178 valence electrons. The fraction of sp³-hybridized carbons (Fsp3) is 0.179. The molecule has 0 fully saturated rings. The Morgan fingerprint density at radius 3 is 2.17 bits per heavy atom. The maximum Gasteiger partial charge on any atom is 0.328 e. The average molecular weight is 470 g/mol. The minimum absolute atomic E-state index is 0.244. The molecule has 1 aromatic heterocycles. The first-order valence-corrected chi connectivity index (χ1v) is 11.4. The smallest absolute Gasteiger partial charge is 0.328 e. The van der Waals surface area contributed by atoms with E-state index in [1.54, 1.807) is 24.3 Å². The van der Waals surface area contributed by atoms with E-state index in [0.29, 0.717) is 5.56 Å². The highest BCUT2D eigenvalue weighted by molar-refractivity contribution is 5.98. The van der Waals surface area contributed by atoms with E-state index in [0.717, 1.165) is 22.0 Å². The van der Waals surface area contributed by atoms with Crippen LogP contribution < -0.4 is 10.6 Å². The summed E-state index contributed by atoms with van der Waals surface area (Å²) in [6, 6.07) is 24.0. The first-order chi connectivity index (χ1) is 17.0. The molecule has 0 aliphatic rings. The molecule has 0 bridgehead atoms. The van der Waals surface area contributed by atoms with Crippen LogP contribution in [0.3, 0.4) is 0 Å². The minimum atomic E-state index is -0.912. The topological polar surface area (TPSA) is 100 Å². The Morgan fingerprint density at radius 1 is 0.800 bits per heavy atom. The average Bonchev–Trinajstić information content (AvgIpc) is 3.31. The number of hydrogen-bond donors (Lipinski definition) is 3. The van der Waals surface area contributed by atoms with Crippen LogP contribution in [0.5, 0.6) is 0 Å². The molecule has 3 N–H and O–H groups in total. The van der Waals surface area contributed by atoms with Crippen LogP contribution in [-0.4, -0.2) is 42.0 Å². The normalized spacial score (nSPS) is 12.5. The molecule has 0 radical (unpaired) electrons. The fourth-order valence-electron chi connectivity index (χ4n) is 4.02. The van der Waals surface area contributed by atoms with Gasteiger partial charge in [-0.1, -0.05) is 66.7 Å². The summed E-state index contributed by atoms with van der Waals surface area (Å²) in [5.74, 6) is -1.39. The number of fused-ring (bicyclic) bond motifs is 1. The van der Waals surface area contributed by atoms with Gasteiger partial charge in [0.1, 0.15) is 12.1 Å². The van der Waals surface area contributed by atoms with Crippen LogP contribution in [0.2, 0.25) is 0 Å². The summed E-state index contributed by atoms with van der Waals surface area (Å²) in [4.78, 5) is 42.1. The third-order valence-corrected chi connectivity index (χ3v) is 5.84. The lowest BCUT2D eigenvalue weighted by Gasteiger charge is -2.22. The van der Waals surface area contributed by atoms with Crippen molar-refractivity contribution in [2.24, 2.45) is 0 Å². The maximum atomic E-state index is 13.4.